The number of aliphatic hydroxyl groups is 1. The lowest BCUT2D eigenvalue weighted by molar-refractivity contribution is -0.225. The summed E-state index contributed by atoms with van der Waals surface area (Å²) >= 11 is 0. The van der Waals surface area contributed by atoms with E-state index < -0.39 is 5.60 Å². The van der Waals surface area contributed by atoms with Crippen LogP contribution in [0.2, 0.25) is 0 Å². The second kappa shape index (κ2) is 7.24. The predicted octanol–water partition coefficient (Wildman–Crippen LogP) is 5.69. The molecule has 5 fully saturated rings. The molecule has 0 aromatic heterocycles. The summed E-state index contributed by atoms with van der Waals surface area (Å²) < 4.78 is 12.5. The van der Waals surface area contributed by atoms with Crippen LogP contribution >= 0.6 is 0 Å². The van der Waals surface area contributed by atoms with Crippen LogP contribution in [0.15, 0.2) is 0 Å². The van der Waals surface area contributed by atoms with Crippen LogP contribution in [-0.4, -0.2) is 30.2 Å². The normalized spacial score (nSPS) is 53.9. The average molecular weight is 391 g/mol. The van der Waals surface area contributed by atoms with Gasteiger partial charge in [0.2, 0.25) is 0 Å². The predicted molar refractivity (Wildman–Crippen MR) is 111 cm³/mol. The molecule has 1 N–H and O–H groups in total. The van der Waals surface area contributed by atoms with Crippen molar-refractivity contribution in [3.63, 3.8) is 0 Å². The highest BCUT2D eigenvalue weighted by atomic mass is 16.7. The van der Waals surface area contributed by atoms with Crippen molar-refractivity contribution in [2.45, 2.75) is 109 Å². The monoisotopic (exact) mass is 390 g/mol. The molecule has 4 saturated carbocycles. The molecule has 3 nitrogen and oxygen atoms in total. The summed E-state index contributed by atoms with van der Waals surface area (Å²) in [6, 6.07) is 0. The zero-order chi connectivity index (χ0) is 19.4. The quantitative estimate of drug-likeness (QED) is 0.672. The van der Waals surface area contributed by atoms with Crippen LogP contribution in [-0.2, 0) is 9.47 Å². The molecule has 3 heteroatoms. The first-order valence-corrected chi connectivity index (χ1v) is 12.4. The molecule has 0 aromatic rings. The summed E-state index contributed by atoms with van der Waals surface area (Å²) in [5.41, 5.74) is 0.428. The molecule has 1 aliphatic heterocycles. The number of fused-ring (bicyclic) bond motifs is 5. The van der Waals surface area contributed by atoms with E-state index in [1.54, 1.807) is 0 Å². The van der Waals surface area contributed by atoms with Crippen LogP contribution in [0.3, 0.4) is 0 Å². The van der Waals surface area contributed by atoms with Crippen molar-refractivity contribution in [3.05, 3.63) is 0 Å². The maximum Gasteiger partial charge on any atom is 0.157 e. The van der Waals surface area contributed by atoms with E-state index in [2.05, 4.69) is 13.8 Å². The topological polar surface area (TPSA) is 38.7 Å². The van der Waals surface area contributed by atoms with Crippen LogP contribution in [0, 0.1) is 34.5 Å². The molecule has 0 bridgehead atoms. The molecule has 160 valence electrons. The highest BCUT2D eigenvalue weighted by Crippen LogP contribution is 2.67. The van der Waals surface area contributed by atoms with Gasteiger partial charge >= 0.3 is 0 Å². The van der Waals surface area contributed by atoms with Crippen LogP contribution in [0.25, 0.3) is 0 Å². The summed E-state index contributed by atoms with van der Waals surface area (Å²) in [5, 5.41) is 10.9. The van der Waals surface area contributed by atoms with Crippen molar-refractivity contribution < 1.29 is 14.6 Å². The summed E-state index contributed by atoms with van der Waals surface area (Å²) in [4.78, 5) is 0. The van der Waals surface area contributed by atoms with E-state index in [9.17, 15) is 5.11 Å². The van der Waals surface area contributed by atoms with Gasteiger partial charge < -0.3 is 14.6 Å². The summed E-state index contributed by atoms with van der Waals surface area (Å²) in [6.07, 6.45) is 16.5. The Balaban J connectivity index is 1.40. The van der Waals surface area contributed by atoms with Crippen LogP contribution in [0.5, 0.6) is 0 Å². The van der Waals surface area contributed by atoms with Crippen molar-refractivity contribution in [2.24, 2.45) is 34.5 Å². The molecule has 28 heavy (non-hydrogen) atoms. The third-order valence-electron chi connectivity index (χ3n) is 10.1. The highest BCUT2D eigenvalue weighted by molar-refractivity contribution is 5.10. The van der Waals surface area contributed by atoms with Gasteiger partial charge in [0.1, 0.15) is 0 Å². The zero-order valence-corrected chi connectivity index (χ0v) is 18.3. The van der Waals surface area contributed by atoms with Crippen LogP contribution < -0.4 is 0 Å². The first kappa shape index (κ1) is 19.8. The minimum absolute atomic E-state index is 0.0203. The molecule has 0 amide bonds. The van der Waals surface area contributed by atoms with E-state index in [4.69, 9.17) is 9.47 Å². The van der Waals surface area contributed by atoms with Gasteiger partial charge in [0, 0.05) is 6.61 Å². The van der Waals surface area contributed by atoms with Gasteiger partial charge in [0.15, 0.2) is 6.29 Å². The van der Waals surface area contributed by atoms with Gasteiger partial charge in [-0.2, -0.15) is 0 Å². The Morgan fingerprint density at radius 1 is 0.893 bits per heavy atom. The van der Waals surface area contributed by atoms with Gasteiger partial charge in [-0.05, 0) is 118 Å². The fourth-order valence-corrected chi connectivity index (χ4v) is 8.60. The molecule has 8 atom stereocenters. The summed E-state index contributed by atoms with van der Waals surface area (Å²) in [6.45, 7) is 6.41. The molecular formula is C25H42O3. The highest BCUT2D eigenvalue weighted by Gasteiger charge is 2.60. The molecular weight excluding hydrogens is 348 g/mol. The molecule has 0 aromatic carbocycles. The fraction of sp³-hybridized carbons (Fsp3) is 1.00. The molecule has 5 rings (SSSR count). The van der Waals surface area contributed by atoms with Gasteiger partial charge in [-0.1, -0.05) is 13.3 Å². The fourth-order valence-electron chi connectivity index (χ4n) is 8.60. The minimum Gasteiger partial charge on any atom is -0.390 e. The lowest BCUT2D eigenvalue weighted by atomic mass is 9.44. The van der Waals surface area contributed by atoms with E-state index in [1.807, 2.05) is 0 Å². The van der Waals surface area contributed by atoms with E-state index in [0.29, 0.717) is 11.3 Å². The zero-order valence-electron chi connectivity index (χ0n) is 18.3. The summed E-state index contributed by atoms with van der Waals surface area (Å²) in [5.74, 6) is 3.28. The van der Waals surface area contributed by atoms with E-state index >= 15 is 0 Å². The lowest BCUT2D eigenvalue weighted by Gasteiger charge is -2.62. The average Bonchev–Trinajstić information content (AvgIpc) is 3.08. The Hall–Kier alpha value is -0.120. The lowest BCUT2D eigenvalue weighted by Crippen LogP contribution is -2.58. The van der Waals surface area contributed by atoms with Crippen molar-refractivity contribution in [2.75, 3.05) is 13.2 Å². The Bertz CT molecular complexity index is 568. The van der Waals surface area contributed by atoms with Gasteiger partial charge in [-0.15, -0.1) is 0 Å². The third kappa shape index (κ3) is 3.28. The van der Waals surface area contributed by atoms with Gasteiger partial charge in [-0.25, -0.2) is 0 Å². The van der Waals surface area contributed by atoms with Crippen LogP contribution in [0.4, 0.5) is 0 Å². The maximum atomic E-state index is 10.9. The largest absolute Gasteiger partial charge is 0.390 e. The van der Waals surface area contributed by atoms with E-state index in [0.717, 1.165) is 56.7 Å². The van der Waals surface area contributed by atoms with Crippen molar-refractivity contribution in [1.29, 1.82) is 0 Å². The molecule has 0 spiro atoms. The second-order valence-corrected chi connectivity index (χ2v) is 11.8. The molecule has 4 aliphatic carbocycles. The second-order valence-electron chi connectivity index (χ2n) is 11.8. The Kier molecular flexibility index (Phi) is 5.12. The molecule has 5 aliphatic rings. The number of hydrogen-bond donors (Lipinski definition) is 1. The van der Waals surface area contributed by atoms with E-state index in [1.165, 1.54) is 57.8 Å². The van der Waals surface area contributed by atoms with Crippen molar-refractivity contribution in [1.82, 2.24) is 0 Å². The maximum absolute atomic E-state index is 10.9. The van der Waals surface area contributed by atoms with Gasteiger partial charge in [0.25, 0.3) is 0 Å². The number of ether oxygens (including phenoxy) is 2. The minimum atomic E-state index is -0.473. The molecule has 1 saturated heterocycles. The first-order valence-electron chi connectivity index (χ1n) is 12.4. The smallest absolute Gasteiger partial charge is 0.157 e. The van der Waals surface area contributed by atoms with Crippen molar-refractivity contribution >= 4 is 0 Å². The Morgan fingerprint density at radius 2 is 1.79 bits per heavy atom. The first-order chi connectivity index (χ1) is 13.4. The molecule has 1 heterocycles. The van der Waals surface area contributed by atoms with E-state index in [-0.39, 0.29) is 11.7 Å². The van der Waals surface area contributed by atoms with Gasteiger partial charge in [-0.3, -0.25) is 0 Å². The van der Waals surface area contributed by atoms with Crippen LogP contribution in [0.1, 0.15) is 97.3 Å². The van der Waals surface area contributed by atoms with Gasteiger partial charge in [0.05, 0.1) is 12.2 Å². The Labute approximate surface area is 171 Å². The molecule has 0 radical (unpaired) electrons. The summed E-state index contributed by atoms with van der Waals surface area (Å²) in [7, 11) is 0. The number of hydrogen-bond acceptors (Lipinski definition) is 3. The van der Waals surface area contributed by atoms with Crippen molar-refractivity contribution in [3.8, 4) is 0 Å². The third-order valence-corrected chi connectivity index (χ3v) is 10.1. The number of rotatable bonds is 3. The Morgan fingerprint density at radius 3 is 2.61 bits per heavy atom. The SMILES string of the molecule is CC1(O)CCC2(COC3CCCCO3)C(CCC3C4CCCC4(C)CCC32)C1. The standard InChI is InChI=1S/C25H42O3/c1-23-11-5-6-20(23)19-9-8-18-16-24(2,26)13-14-25(18,21(19)10-12-23)17-28-22-7-3-4-15-27-22/h18-22,26H,3-17H2,1-2H3. The molecule has 8 unspecified atom stereocenters.